The number of nitrogens with one attached hydrogen (secondary N) is 3. The van der Waals surface area contributed by atoms with Crippen molar-refractivity contribution in [1.82, 2.24) is 35.2 Å². The van der Waals surface area contributed by atoms with E-state index in [1.54, 1.807) is 13.0 Å². The van der Waals surface area contributed by atoms with Gasteiger partial charge in [-0.3, -0.25) is 9.72 Å². The molecule has 0 fully saturated rings. The number of anilines is 1. The number of unbranched alkanes of at least 4 members (excludes halogenated alkanes) is 1. The molecule has 0 spiro atoms. The highest BCUT2D eigenvalue weighted by Crippen LogP contribution is 2.39. The number of rotatable bonds is 11. The smallest absolute Gasteiger partial charge is 0.376 e. The van der Waals surface area contributed by atoms with Crippen LogP contribution in [0.15, 0.2) is 48.7 Å². The van der Waals surface area contributed by atoms with Gasteiger partial charge in [0.2, 0.25) is 5.82 Å². The summed E-state index contributed by atoms with van der Waals surface area (Å²) < 4.78 is 13.6. The number of carbonyl (C=O) groups excluding carboxylic acids is 2. The molecule has 12 heteroatoms. The molecule has 1 aliphatic carbocycles. The molecule has 5 rings (SSSR count). The van der Waals surface area contributed by atoms with E-state index in [0.29, 0.717) is 18.5 Å². The zero-order chi connectivity index (χ0) is 32.0. The average molecular weight is 615 g/mol. The number of pyridine rings is 1. The monoisotopic (exact) mass is 614 g/mol. The maximum Gasteiger partial charge on any atom is 0.376 e. The van der Waals surface area contributed by atoms with Crippen LogP contribution in [0.4, 0.5) is 10.6 Å². The molecule has 1 aliphatic rings. The molecule has 2 amide bonds. The Bertz CT molecular complexity index is 1650. The summed E-state index contributed by atoms with van der Waals surface area (Å²) in [6, 6.07) is 12.9. The predicted molar refractivity (Wildman–Crippen MR) is 170 cm³/mol. The number of aromatic nitrogens is 5. The van der Waals surface area contributed by atoms with Gasteiger partial charge in [-0.2, -0.15) is 0 Å². The van der Waals surface area contributed by atoms with Crippen molar-refractivity contribution in [2.45, 2.75) is 77.4 Å². The molecule has 45 heavy (non-hydrogen) atoms. The summed E-state index contributed by atoms with van der Waals surface area (Å²) >= 11 is 0. The highest BCUT2D eigenvalue weighted by Gasteiger charge is 2.30. The first-order valence-electron chi connectivity index (χ1n) is 15.5. The van der Waals surface area contributed by atoms with E-state index in [0.717, 1.165) is 54.2 Å². The predicted octanol–water partition coefficient (Wildman–Crippen LogP) is 5.31. The maximum absolute atomic E-state index is 13.2. The average Bonchev–Trinajstić information content (AvgIpc) is 3.42. The van der Waals surface area contributed by atoms with E-state index in [9.17, 15) is 9.59 Å². The molecular formula is C33H42N8O4. The number of esters is 1. The molecule has 1 aromatic carbocycles. The molecule has 3 aromatic heterocycles. The highest BCUT2D eigenvalue weighted by molar-refractivity contribution is 5.90. The highest BCUT2D eigenvalue weighted by atomic mass is 16.5. The summed E-state index contributed by atoms with van der Waals surface area (Å²) in [5.74, 6) is 1.15. The van der Waals surface area contributed by atoms with Crippen molar-refractivity contribution in [3.63, 3.8) is 0 Å². The fraction of sp³-hybridized carbons (Fsp3) is 0.455. The van der Waals surface area contributed by atoms with Gasteiger partial charge in [-0.05, 0) is 69.5 Å². The molecule has 0 aliphatic heterocycles. The van der Waals surface area contributed by atoms with Crippen LogP contribution >= 0.6 is 0 Å². The molecule has 3 N–H and O–H groups in total. The Morgan fingerprint density at radius 2 is 1.82 bits per heavy atom. The Hall–Kier alpha value is -4.58. The number of nitrogens with zero attached hydrogens (tertiary/aromatic N) is 5. The Morgan fingerprint density at radius 1 is 1.02 bits per heavy atom. The number of urea groups is 1. The van der Waals surface area contributed by atoms with Crippen molar-refractivity contribution in [3.05, 3.63) is 77.1 Å². The largest absolute Gasteiger partial charge is 0.484 e. The number of aryl methyl sites for hydroxylation is 1. The first-order chi connectivity index (χ1) is 21.7. The molecule has 12 nitrogen and oxygen atoms in total. The van der Waals surface area contributed by atoms with Crippen molar-refractivity contribution in [1.29, 1.82) is 0 Å². The van der Waals surface area contributed by atoms with Crippen LogP contribution in [0.3, 0.4) is 0 Å². The number of hydrogen-bond acceptors (Lipinski definition) is 9. The van der Waals surface area contributed by atoms with Gasteiger partial charge < -0.3 is 20.1 Å². The molecule has 0 saturated carbocycles. The number of carbonyl (C=O) groups is 2. The molecule has 3 heterocycles. The lowest BCUT2D eigenvalue weighted by molar-refractivity contribution is 0.0511. The summed E-state index contributed by atoms with van der Waals surface area (Å²) in [7, 11) is 1.96. The van der Waals surface area contributed by atoms with Crippen LogP contribution in [-0.2, 0) is 16.6 Å². The van der Waals surface area contributed by atoms with Crippen molar-refractivity contribution in [3.8, 4) is 5.75 Å². The second-order valence-corrected chi connectivity index (χ2v) is 12.2. The summed E-state index contributed by atoms with van der Waals surface area (Å²) in [5, 5.41) is 17.8. The zero-order valence-electron chi connectivity index (χ0n) is 26.6. The van der Waals surface area contributed by atoms with Crippen LogP contribution in [-0.4, -0.2) is 56.8 Å². The first-order valence-corrected chi connectivity index (χ1v) is 15.5. The standard InChI is InChI=1S/C33H42N8O4/c1-6-44-31(42)30-36-26(33(2,3)4)19-27(37-30)38-32(43)35-24-15-16-25(23-12-8-7-11-22(23)24)45-21-14-17-29-40-39-28(41(29)20-21)13-9-10-18-34-5/h7-8,11-12,14,17,19-20,24-25,34H,6,9-10,13,15-16,18H2,1-5H3,(H2,35,36,37,38,43)/t24-,25+/m0/s1. The van der Waals surface area contributed by atoms with Gasteiger partial charge in [0, 0.05) is 17.9 Å². The number of benzene rings is 1. The van der Waals surface area contributed by atoms with Gasteiger partial charge in [0.15, 0.2) is 5.65 Å². The van der Waals surface area contributed by atoms with Crippen LogP contribution in [0.2, 0.25) is 0 Å². The van der Waals surface area contributed by atoms with Crippen molar-refractivity contribution in [2.75, 3.05) is 25.5 Å². The van der Waals surface area contributed by atoms with Crippen LogP contribution in [0, 0.1) is 0 Å². The summed E-state index contributed by atoms with van der Waals surface area (Å²) in [5.41, 5.74) is 3.04. The summed E-state index contributed by atoms with van der Waals surface area (Å²) in [6.07, 6.45) is 6.08. The molecule has 2 atom stereocenters. The van der Waals surface area contributed by atoms with E-state index >= 15 is 0 Å². The fourth-order valence-corrected chi connectivity index (χ4v) is 5.42. The molecule has 0 bridgehead atoms. The van der Waals surface area contributed by atoms with Gasteiger partial charge in [-0.25, -0.2) is 19.6 Å². The summed E-state index contributed by atoms with van der Waals surface area (Å²) in [6.45, 7) is 8.81. The first kappa shape index (κ1) is 31.8. The Morgan fingerprint density at radius 3 is 2.58 bits per heavy atom. The lowest BCUT2D eigenvalue weighted by Crippen LogP contribution is -2.36. The molecule has 0 unspecified atom stereocenters. The lowest BCUT2D eigenvalue weighted by atomic mass is 9.85. The third kappa shape index (κ3) is 7.75. The normalized spacial score (nSPS) is 16.2. The fourth-order valence-electron chi connectivity index (χ4n) is 5.42. The van der Waals surface area contributed by atoms with E-state index in [2.05, 4.69) is 36.1 Å². The van der Waals surface area contributed by atoms with Crippen LogP contribution in [0.25, 0.3) is 5.65 Å². The van der Waals surface area contributed by atoms with Crippen molar-refractivity contribution in [2.24, 2.45) is 0 Å². The molecule has 0 saturated heterocycles. The Labute approximate surface area is 263 Å². The van der Waals surface area contributed by atoms with Crippen LogP contribution in [0.5, 0.6) is 5.75 Å². The zero-order valence-corrected chi connectivity index (χ0v) is 26.6. The van der Waals surface area contributed by atoms with Gasteiger partial charge in [0.1, 0.15) is 23.5 Å². The van der Waals surface area contributed by atoms with Crippen molar-refractivity contribution < 1.29 is 19.1 Å². The van der Waals surface area contributed by atoms with Gasteiger partial charge in [0.05, 0.1) is 24.5 Å². The van der Waals surface area contributed by atoms with E-state index in [-0.39, 0.29) is 35.8 Å². The third-order valence-electron chi connectivity index (χ3n) is 7.74. The van der Waals surface area contributed by atoms with Gasteiger partial charge in [-0.1, -0.05) is 45.0 Å². The summed E-state index contributed by atoms with van der Waals surface area (Å²) in [4.78, 5) is 34.3. The van der Waals surface area contributed by atoms with Crippen molar-refractivity contribution >= 4 is 23.5 Å². The van der Waals surface area contributed by atoms with Gasteiger partial charge in [0.25, 0.3) is 0 Å². The second kappa shape index (κ2) is 14.0. The molecule has 0 radical (unpaired) electrons. The van der Waals surface area contributed by atoms with E-state index in [1.165, 1.54) is 0 Å². The SMILES string of the molecule is CCOC(=O)c1nc(NC(=O)N[C@H]2CC[C@@H](Oc3ccc4nnc(CCCCNC)n4c3)c3ccccc32)cc(C(C)(C)C)n1. The quantitative estimate of drug-likeness (QED) is 0.151. The van der Waals surface area contributed by atoms with E-state index in [1.807, 2.05) is 74.8 Å². The number of hydrogen-bond donors (Lipinski definition) is 3. The van der Waals surface area contributed by atoms with E-state index in [4.69, 9.17) is 9.47 Å². The number of amides is 2. The second-order valence-electron chi connectivity index (χ2n) is 12.2. The Balaban J connectivity index is 1.29. The topological polar surface area (TPSA) is 145 Å². The van der Waals surface area contributed by atoms with Crippen LogP contribution < -0.4 is 20.7 Å². The maximum atomic E-state index is 13.2. The third-order valence-corrected chi connectivity index (χ3v) is 7.74. The van der Waals surface area contributed by atoms with Gasteiger partial charge >= 0.3 is 12.0 Å². The molecule has 4 aromatic rings. The number of ether oxygens (including phenoxy) is 2. The minimum atomic E-state index is -0.636. The molecular weight excluding hydrogens is 572 g/mol. The number of fused-ring (bicyclic) bond motifs is 2. The minimum Gasteiger partial charge on any atom is -0.484 e. The van der Waals surface area contributed by atoms with Crippen LogP contribution in [0.1, 0.15) is 98.8 Å². The van der Waals surface area contributed by atoms with E-state index < -0.39 is 12.0 Å². The van der Waals surface area contributed by atoms with Gasteiger partial charge in [-0.15, -0.1) is 10.2 Å². The minimum absolute atomic E-state index is 0.0897. The lowest BCUT2D eigenvalue weighted by Gasteiger charge is -2.32. The molecule has 238 valence electrons. The Kier molecular flexibility index (Phi) is 9.92.